The molecule has 2 heterocycles. The van der Waals surface area contributed by atoms with Crippen LogP contribution in [0.15, 0.2) is 53.2 Å². The maximum Gasteiger partial charge on any atom is 0.116 e. The van der Waals surface area contributed by atoms with E-state index in [-0.39, 0.29) is 20.1 Å². The number of fused-ring (bicyclic) bond motifs is 3. The molecule has 5 heteroatoms. The van der Waals surface area contributed by atoms with Gasteiger partial charge in [-0.2, -0.15) is 23.3 Å². The van der Waals surface area contributed by atoms with Crippen LogP contribution in [0.1, 0.15) is 0 Å². The molecule has 4 rings (SSSR count). The van der Waals surface area contributed by atoms with Gasteiger partial charge in [-0.05, 0) is 17.8 Å². The Labute approximate surface area is 149 Å². The maximum atomic E-state index is 6.10. The SMILES string of the molecule is C[Si](C)(C)c1ccc2oc3c(-n4cccn4)[c-]ccc3c2c1.[Ir]. The minimum atomic E-state index is -1.35. The van der Waals surface area contributed by atoms with E-state index >= 15 is 0 Å². The molecule has 0 aliphatic heterocycles. The number of rotatable bonds is 2. The van der Waals surface area contributed by atoms with Crippen molar-refractivity contribution in [3.05, 3.63) is 54.9 Å². The smallest absolute Gasteiger partial charge is 0.116 e. The molecule has 0 N–H and O–H groups in total. The summed E-state index contributed by atoms with van der Waals surface area (Å²) in [6.07, 6.45) is 3.67. The zero-order valence-electron chi connectivity index (χ0n) is 13.3. The number of aromatic nitrogens is 2. The molecule has 1 radical (unpaired) electrons. The van der Waals surface area contributed by atoms with Crippen LogP contribution in [0.3, 0.4) is 0 Å². The summed E-state index contributed by atoms with van der Waals surface area (Å²) in [5, 5.41) is 8.04. The van der Waals surface area contributed by atoms with E-state index in [4.69, 9.17) is 4.42 Å². The van der Waals surface area contributed by atoms with Crippen LogP contribution in [0.2, 0.25) is 19.6 Å². The summed E-state index contributed by atoms with van der Waals surface area (Å²) in [5.74, 6) is 0. The number of furan rings is 1. The molecule has 2 aromatic carbocycles. The van der Waals surface area contributed by atoms with Crippen molar-refractivity contribution < 1.29 is 24.5 Å². The Morgan fingerprint density at radius 3 is 2.65 bits per heavy atom. The summed E-state index contributed by atoms with van der Waals surface area (Å²) in [6, 6.07) is 15.7. The van der Waals surface area contributed by atoms with Gasteiger partial charge in [-0.1, -0.05) is 42.3 Å². The minimum absolute atomic E-state index is 0. The molecule has 4 aromatic rings. The molecule has 2 aromatic heterocycles. The van der Waals surface area contributed by atoms with E-state index in [0.29, 0.717) is 0 Å². The molecule has 23 heavy (non-hydrogen) atoms. The summed E-state index contributed by atoms with van der Waals surface area (Å²) in [7, 11) is -1.35. The van der Waals surface area contributed by atoms with Crippen LogP contribution in [0.25, 0.3) is 27.6 Å². The Bertz CT molecular complexity index is 968. The Balaban J connectivity index is 0.00000156. The Morgan fingerprint density at radius 2 is 1.96 bits per heavy atom. The Hall–Kier alpha value is -1.68. The fourth-order valence-corrected chi connectivity index (χ4v) is 3.93. The second-order valence-corrected chi connectivity index (χ2v) is 11.7. The zero-order chi connectivity index (χ0) is 15.3. The topological polar surface area (TPSA) is 31.0 Å². The van der Waals surface area contributed by atoms with Crippen molar-refractivity contribution in [2.24, 2.45) is 0 Å². The van der Waals surface area contributed by atoms with Gasteiger partial charge in [-0.3, -0.25) is 4.68 Å². The van der Waals surface area contributed by atoms with E-state index in [1.54, 1.807) is 10.9 Å². The standard InChI is InChI=1S/C18H17N2OSi.Ir/c1-22(2,3)13-8-9-17-15(12-13)14-6-4-7-16(18(14)21-17)20-11-5-10-19-20;/h4-6,8-12H,1-3H3;/q-1;. The monoisotopic (exact) mass is 498 g/mol. The van der Waals surface area contributed by atoms with Gasteiger partial charge in [0.1, 0.15) is 5.58 Å². The first-order chi connectivity index (χ1) is 10.5. The van der Waals surface area contributed by atoms with Gasteiger partial charge in [0.2, 0.25) is 0 Å². The van der Waals surface area contributed by atoms with Gasteiger partial charge in [-0.15, -0.1) is 0 Å². The first-order valence-electron chi connectivity index (χ1n) is 7.41. The molecule has 0 atom stereocenters. The van der Waals surface area contributed by atoms with Gasteiger partial charge in [0.25, 0.3) is 0 Å². The Kier molecular flexibility index (Phi) is 4.04. The van der Waals surface area contributed by atoms with E-state index in [2.05, 4.69) is 55.1 Å². The third kappa shape index (κ3) is 2.69. The summed E-state index contributed by atoms with van der Waals surface area (Å²) in [4.78, 5) is 0. The van der Waals surface area contributed by atoms with Crippen molar-refractivity contribution in [3.8, 4) is 5.69 Å². The predicted octanol–water partition coefficient (Wildman–Crippen LogP) is 4.11. The quantitative estimate of drug-likeness (QED) is 0.308. The third-order valence-corrected chi connectivity index (χ3v) is 6.05. The summed E-state index contributed by atoms with van der Waals surface area (Å²) in [5.41, 5.74) is 2.62. The predicted molar refractivity (Wildman–Crippen MR) is 92.7 cm³/mol. The molecule has 0 bridgehead atoms. The number of hydrogen-bond donors (Lipinski definition) is 0. The average Bonchev–Trinajstić information content (AvgIpc) is 3.12. The first-order valence-corrected chi connectivity index (χ1v) is 10.9. The van der Waals surface area contributed by atoms with Crippen molar-refractivity contribution in [2.45, 2.75) is 19.6 Å². The van der Waals surface area contributed by atoms with E-state index in [0.717, 1.165) is 22.2 Å². The summed E-state index contributed by atoms with van der Waals surface area (Å²) < 4.78 is 7.89. The summed E-state index contributed by atoms with van der Waals surface area (Å²) >= 11 is 0. The molecule has 0 unspecified atom stereocenters. The van der Waals surface area contributed by atoms with Crippen LogP contribution < -0.4 is 5.19 Å². The molecule has 3 nitrogen and oxygen atoms in total. The molecule has 0 saturated carbocycles. The van der Waals surface area contributed by atoms with E-state index in [9.17, 15) is 0 Å². The Morgan fingerprint density at radius 1 is 1.13 bits per heavy atom. The molecular weight excluding hydrogens is 481 g/mol. The minimum Gasteiger partial charge on any atom is -0.513 e. The van der Waals surface area contributed by atoms with Crippen molar-refractivity contribution in [1.29, 1.82) is 0 Å². The number of hydrogen-bond acceptors (Lipinski definition) is 2. The van der Waals surface area contributed by atoms with Crippen molar-refractivity contribution in [3.63, 3.8) is 0 Å². The van der Waals surface area contributed by atoms with Crippen molar-refractivity contribution in [2.75, 3.05) is 0 Å². The number of benzene rings is 2. The largest absolute Gasteiger partial charge is 0.513 e. The van der Waals surface area contributed by atoms with E-state index in [1.165, 1.54) is 10.6 Å². The average molecular weight is 498 g/mol. The van der Waals surface area contributed by atoms with Gasteiger partial charge >= 0.3 is 0 Å². The molecule has 0 aliphatic carbocycles. The molecule has 0 aliphatic rings. The summed E-state index contributed by atoms with van der Waals surface area (Å²) in [6.45, 7) is 7.08. The number of nitrogens with zero attached hydrogens (tertiary/aromatic N) is 2. The molecule has 0 spiro atoms. The van der Waals surface area contributed by atoms with E-state index in [1.807, 2.05) is 18.3 Å². The van der Waals surface area contributed by atoms with Crippen LogP contribution in [-0.2, 0) is 20.1 Å². The van der Waals surface area contributed by atoms with E-state index < -0.39 is 8.07 Å². The van der Waals surface area contributed by atoms with Gasteiger partial charge < -0.3 is 4.42 Å². The molecule has 119 valence electrons. The first kappa shape index (κ1) is 16.2. The fraction of sp³-hybridized carbons (Fsp3) is 0.167. The van der Waals surface area contributed by atoms with Crippen LogP contribution in [0, 0.1) is 6.07 Å². The zero-order valence-corrected chi connectivity index (χ0v) is 16.6. The fourth-order valence-electron chi connectivity index (χ4n) is 2.77. The van der Waals surface area contributed by atoms with Crippen LogP contribution in [-0.4, -0.2) is 17.9 Å². The third-order valence-electron chi connectivity index (χ3n) is 4.01. The molecule has 0 saturated heterocycles. The van der Waals surface area contributed by atoms with Crippen molar-refractivity contribution >= 4 is 35.2 Å². The van der Waals surface area contributed by atoms with Gasteiger partial charge in [-0.25, -0.2) is 0 Å². The van der Waals surface area contributed by atoms with Gasteiger partial charge in [0.05, 0.1) is 8.07 Å². The normalized spacial score (nSPS) is 11.8. The van der Waals surface area contributed by atoms with Crippen molar-refractivity contribution in [1.82, 2.24) is 9.78 Å². The molecule has 0 fully saturated rings. The maximum absolute atomic E-state index is 6.10. The second kappa shape index (κ2) is 5.75. The van der Waals surface area contributed by atoms with Gasteiger partial charge in [0, 0.05) is 43.5 Å². The van der Waals surface area contributed by atoms with Crippen LogP contribution in [0.5, 0.6) is 0 Å². The molecule has 0 amide bonds. The van der Waals surface area contributed by atoms with Crippen LogP contribution >= 0.6 is 0 Å². The van der Waals surface area contributed by atoms with Gasteiger partial charge in [0.15, 0.2) is 0 Å². The van der Waals surface area contributed by atoms with Crippen LogP contribution in [0.4, 0.5) is 0 Å². The molecular formula is C18H17IrN2OSi-. The second-order valence-electron chi connectivity index (χ2n) is 6.58.